The zero-order chi connectivity index (χ0) is 14.5. The Kier molecular flexibility index (Phi) is 4.87. The molecule has 3 rings (SSSR count). The summed E-state index contributed by atoms with van der Waals surface area (Å²) < 4.78 is 11.1. The highest BCUT2D eigenvalue weighted by Gasteiger charge is 2.25. The van der Waals surface area contributed by atoms with Gasteiger partial charge in [0.1, 0.15) is 0 Å². The summed E-state index contributed by atoms with van der Waals surface area (Å²) in [4.78, 5) is 12.2. The number of ether oxygens (including phenoxy) is 2. The molecule has 1 aliphatic heterocycles. The summed E-state index contributed by atoms with van der Waals surface area (Å²) in [7, 11) is 0. The van der Waals surface area contributed by atoms with Crippen LogP contribution in [0.1, 0.15) is 54.1 Å². The van der Waals surface area contributed by atoms with Gasteiger partial charge in [0.15, 0.2) is 0 Å². The van der Waals surface area contributed by atoms with Gasteiger partial charge in [0, 0.05) is 19.1 Å². The molecule has 0 aromatic carbocycles. The maximum absolute atomic E-state index is 12.2. The second-order valence-corrected chi connectivity index (χ2v) is 5.79. The van der Waals surface area contributed by atoms with Crippen molar-refractivity contribution in [1.82, 2.24) is 15.5 Å². The summed E-state index contributed by atoms with van der Waals surface area (Å²) in [6.07, 6.45) is 7.76. The Bertz CT molecular complexity index is 462. The monoisotopic (exact) mass is 293 g/mol. The van der Waals surface area contributed by atoms with Gasteiger partial charge in [-0.25, -0.2) is 0 Å². The molecule has 1 aliphatic carbocycles. The zero-order valence-corrected chi connectivity index (χ0v) is 12.3. The molecule has 6 heteroatoms. The summed E-state index contributed by atoms with van der Waals surface area (Å²) in [6.45, 7) is 2.53. The predicted molar refractivity (Wildman–Crippen MR) is 77.3 cm³/mol. The molecule has 1 atom stereocenters. The van der Waals surface area contributed by atoms with E-state index in [1.807, 2.05) is 0 Å². The highest BCUT2D eigenvalue weighted by Crippen LogP contribution is 2.26. The normalized spacial score (nSPS) is 22.8. The van der Waals surface area contributed by atoms with Crippen LogP contribution in [0.2, 0.25) is 0 Å². The fraction of sp³-hybridized carbons (Fsp3) is 0.733. The van der Waals surface area contributed by atoms with Gasteiger partial charge in [0.2, 0.25) is 0 Å². The second kappa shape index (κ2) is 7.04. The Morgan fingerprint density at radius 1 is 1.43 bits per heavy atom. The third-order valence-electron chi connectivity index (χ3n) is 4.29. The van der Waals surface area contributed by atoms with Crippen LogP contribution >= 0.6 is 0 Å². The fourth-order valence-corrected chi connectivity index (χ4v) is 3.09. The van der Waals surface area contributed by atoms with Crippen molar-refractivity contribution >= 4 is 5.91 Å². The number of aromatic amines is 1. The van der Waals surface area contributed by atoms with Crippen LogP contribution < -0.4 is 5.32 Å². The first-order valence-corrected chi connectivity index (χ1v) is 7.85. The lowest BCUT2D eigenvalue weighted by Crippen LogP contribution is -2.29. The molecule has 2 N–H and O–H groups in total. The van der Waals surface area contributed by atoms with Crippen LogP contribution in [0, 0.1) is 0 Å². The van der Waals surface area contributed by atoms with E-state index in [9.17, 15) is 4.79 Å². The number of nitrogens with zero attached hydrogens (tertiary/aromatic N) is 1. The van der Waals surface area contributed by atoms with Gasteiger partial charge in [-0.05, 0) is 19.3 Å². The van der Waals surface area contributed by atoms with Crippen molar-refractivity contribution < 1.29 is 14.3 Å². The highest BCUT2D eigenvalue weighted by molar-refractivity contribution is 5.95. The summed E-state index contributed by atoms with van der Waals surface area (Å²) in [6, 6.07) is 0. The van der Waals surface area contributed by atoms with Crippen LogP contribution in [0.5, 0.6) is 0 Å². The van der Waals surface area contributed by atoms with Gasteiger partial charge in [-0.2, -0.15) is 5.10 Å². The van der Waals surface area contributed by atoms with E-state index in [0.717, 1.165) is 31.6 Å². The van der Waals surface area contributed by atoms with Gasteiger partial charge >= 0.3 is 0 Å². The Hall–Kier alpha value is -1.40. The molecule has 1 amide bonds. The number of nitrogens with one attached hydrogen (secondary N) is 2. The van der Waals surface area contributed by atoms with E-state index >= 15 is 0 Å². The molecule has 6 nitrogen and oxygen atoms in total. The van der Waals surface area contributed by atoms with Crippen LogP contribution in [0.25, 0.3) is 0 Å². The number of hydrogen-bond donors (Lipinski definition) is 2. The topological polar surface area (TPSA) is 76.2 Å². The van der Waals surface area contributed by atoms with Gasteiger partial charge < -0.3 is 14.8 Å². The number of rotatable bonds is 6. The molecule has 2 aliphatic rings. The fourth-order valence-electron chi connectivity index (χ4n) is 3.09. The summed E-state index contributed by atoms with van der Waals surface area (Å²) in [5, 5.41) is 9.86. The minimum Gasteiger partial charge on any atom is -0.381 e. The molecular weight excluding hydrogens is 270 g/mol. The highest BCUT2D eigenvalue weighted by atomic mass is 16.5. The van der Waals surface area contributed by atoms with Crippen molar-refractivity contribution in [2.24, 2.45) is 0 Å². The van der Waals surface area contributed by atoms with Crippen molar-refractivity contribution in [2.45, 2.75) is 44.1 Å². The molecule has 1 aromatic heterocycles. The third kappa shape index (κ3) is 3.63. The number of amides is 1. The molecule has 0 spiro atoms. The van der Waals surface area contributed by atoms with Gasteiger partial charge in [-0.1, -0.05) is 12.8 Å². The quantitative estimate of drug-likeness (QED) is 0.781. The maximum Gasteiger partial charge on any atom is 0.254 e. The Labute approximate surface area is 124 Å². The zero-order valence-electron chi connectivity index (χ0n) is 12.3. The predicted octanol–water partition coefficient (Wildman–Crippen LogP) is 1.60. The van der Waals surface area contributed by atoms with Crippen molar-refractivity contribution in [3.8, 4) is 0 Å². The summed E-state index contributed by atoms with van der Waals surface area (Å²) >= 11 is 0. The van der Waals surface area contributed by atoms with Crippen LogP contribution in [-0.4, -0.2) is 48.6 Å². The lowest BCUT2D eigenvalue weighted by atomic mass is 10.0. The number of carbonyl (C=O) groups excluding carboxylic acids is 1. The number of H-pyrrole nitrogens is 1. The minimum absolute atomic E-state index is 0.0827. The first-order chi connectivity index (χ1) is 10.3. The average molecular weight is 293 g/mol. The molecule has 0 radical (unpaired) electrons. The van der Waals surface area contributed by atoms with E-state index in [1.54, 1.807) is 6.20 Å². The number of carbonyl (C=O) groups is 1. The first-order valence-electron chi connectivity index (χ1n) is 7.85. The van der Waals surface area contributed by atoms with E-state index in [4.69, 9.17) is 9.47 Å². The lowest BCUT2D eigenvalue weighted by Gasteiger charge is -2.12. The van der Waals surface area contributed by atoms with Crippen LogP contribution in [-0.2, 0) is 9.47 Å². The smallest absolute Gasteiger partial charge is 0.254 e. The van der Waals surface area contributed by atoms with Gasteiger partial charge in [-0.3, -0.25) is 9.89 Å². The molecule has 1 saturated heterocycles. The summed E-state index contributed by atoms with van der Waals surface area (Å²) in [5.74, 6) is 0.170. The molecule has 0 unspecified atom stereocenters. The molecule has 2 heterocycles. The van der Waals surface area contributed by atoms with E-state index in [0.29, 0.717) is 31.4 Å². The Morgan fingerprint density at radius 3 is 3.05 bits per heavy atom. The van der Waals surface area contributed by atoms with Crippen LogP contribution in [0.15, 0.2) is 6.20 Å². The van der Waals surface area contributed by atoms with E-state index in [2.05, 4.69) is 15.5 Å². The molecule has 2 fully saturated rings. The number of hydrogen-bond acceptors (Lipinski definition) is 4. The van der Waals surface area contributed by atoms with Gasteiger partial charge in [0.05, 0.1) is 36.8 Å². The minimum atomic E-state index is -0.0827. The first kappa shape index (κ1) is 14.5. The molecule has 1 aromatic rings. The van der Waals surface area contributed by atoms with Crippen LogP contribution in [0.3, 0.4) is 0 Å². The lowest BCUT2D eigenvalue weighted by molar-refractivity contribution is 0.0581. The summed E-state index contributed by atoms with van der Waals surface area (Å²) in [5.41, 5.74) is 1.52. The van der Waals surface area contributed by atoms with Crippen molar-refractivity contribution in [3.05, 3.63) is 17.5 Å². The van der Waals surface area contributed by atoms with E-state index < -0.39 is 0 Å². The molecule has 116 valence electrons. The second-order valence-electron chi connectivity index (χ2n) is 5.79. The largest absolute Gasteiger partial charge is 0.381 e. The third-order valence-corrected chi connectivity index (χ3v) is 4.29. The SMILES string of the molecule is O=C(NCCOC1CCCC1)c1cn[nH]c1[C@@H]1CCOC1. The Morgan fingerprint density at radius 2 is 2.29 bits per heavy atom. The van der Waals surface area contributed by atoms with Crippen molar-refractivity contribution in [2.75, 3.05) is 26.4 Å². The standard InChI is InChI=1S/C15H23N3O3/c19-15(16-6-8-21-12-3-1-2-4-12)13-9-17-18-14(13)11-5-7-20-10-11/h9,11-12H,1-8,10H2,(H,16,19)(H,17,18)/t11-/m1/s1. The molecule has 1 saturated carbocycles. The Balaban J connectivity index is 1.45. The van der Waals surface area contributed by atoms with Gasteiger partial charge in [0.25, 0.3) is 5.91 Å². The maximum atomic E-state index is 12.2. The van der Waals surface area contributed by atoms with Crippen LogP contribution in [0.4, 0.5) is 0 Å². The number of aromatic nitrogens is 2. The molecule has 21 heavy (non-hydrogen) atoms. The molecular formula is C15H23N3O3. The van der Waals surface area contributed by atoms with Crippen molar-refractivity contribution in [3.63, 3.8) is 0 Å². The average Bonchev–Trinajstić information content (AvgIpc) is 3.24. The molecule has 0 bridgehead atoms. The van der Waals surface area contributed by atoms with Gasteiger partial charge in [-0.15, -0.1) is 0 Å². The van der Waals surface area contributed by atoms with E-state index in [1.165, 1.54) is 12.8 Å². The van der Waals surface area contributed by atoms with Crippen molar-refractivity contribution in [1.29, 1.82) is 0 Å². The van der Waals surface area contributed by atoms with E-state index in [-0.39, 0.29) is 11.8 Å².